The van der Waals surface area contributed by atoms with Gasteiger partial charge in [0, 0.05) is 6.54 Å². The van der Waals surface area contributed by atoms with E-state index in [0.29, 0.717) is 6.54 Å². The second kappa shape index (κ2) is 3.76. The maximum Gasteiger partial charge on any atom is 0.404 e. The fourth-order valence-electron chi connectivity index (χ4n) is 1.000. The van der Waals surface area contributed by atoms with E-state index in [1.807, 2.05) is 31.2 Å². The average Bonchev–Trinajstić information content (AvgIpc) is 2.01. The Morgan fingerprint density at radius 2 is 2.33 bits per heavy atom. The lowest BCUT2D eigenvalue weighted by Gasteiger charge is -2.01. The van der Waals surface area contributed by atoms with Crippen LogP contribution in [0, 0.1) is 6.92 Å². The smallest absolute Gasteiger partial charge is 0.404 e. The van der Waals surface area contributed by atoms with Crippen LogP contribution in [0.2, 0.25) is 0 Å². The minimum Gasteiger partial charge on any atom is -0.465 e. The topological polar surface area (TPSA) is 49.3 Å². The van der Waals surface area contributed by atoms with Crippen LogP contribution < -0.4 is 5.32 Å². The number of benzene rings is 1. The van der Waals surface area contributed by atoms with Crippen LogP contribution in [0.25, 0.3) is 0 Å². The van der Waals surface area contributed by atoms with Crippen LogP contribution in [0.3, 0.4) is 0 Å². The lowest BCUT2D eigenvalue weighted by atomic mass is 10.1. The second-order valence-corrected chi connectivity index (χ2v) is 2.65. The van der Waals surface area contributed by atoms with Crippen molar-refractivity contribution in [1.29, 1.82) is 0 Å². The van der Waals surface area contributed by atoms with Crippen molar-refractivity contribution in [3.63, 3.8) is 0 Å². The molecule has 1 rings (SSSR count). The van der Waals surface area contributed by atoms with E-state index in [2.05, 4.69) is 5.32 Å². The molecule has 3 nitrogen and oxygen atoms in total. The molecule has 0 heterocycles. The van der Waals surface area contributed by atoms with E-state index in [-0.39, 0.29) is 0 Å². The van der Waals surface area contributed by atoms with Crippen LogP contribution in [-0.2, 0) is 6.54 Å². The summed E-state index contributed by atoms with van der Waals surface area (Å²) in [6, 6.07) is 7.73. The Balaban J connectivity index is 2.57. The van der Waals surface area contributed by atoms with E-state index >= 15 is 0 Å². The average molecular weight is 165 g/mol. The minimum absolute atomic E-state index is 0.372. The normalized spacial score (nSPS) is 9.42. The molecule has 2 N–H and O–H groups in total. The molecule has 3 heteroatoms. The van der Waals surface area contributed by atoms with Gasteiger partial charge in [0.2, 0.25) is 0 Å². The van der Waals surface area contributed by atoms with Gasteiger partial charge in [0.25, 0.3) is 0 Å². The zero-order valence-corrected chi connectivity index (χ0v) is 6.87. The molecule has 64 valence electrons. The Bertz CT molecular complexity index is 284. The first-order valence-corrected chi connectivity index (χ1v) is 3.71. The lowest BCUT2D eigenvalue weighted by Crippen LogP contribution is -2.19. The van der Waals surface area contributed by atoms with Crippen molar-refractivity contribution >= 4 is 6.09 Å². The van der Waals surface area contributed by atoms with Gasteiger partial charge in [-0.05, 0) is 12.5 Å². The van der Waals surface area contributed by atoms with Gasteiger partial charge in [0.05, 0.1) is 0 Å². The highest BCUT2D eigenvalue weighted by atomic mass is 16.4. The van der Waals surface area contributed by atoms with Crippen molar-refractivity contribution in [2.24, 2.45) is 0 Å². The third kappa shape index (κ3) is 2.62. The standard InChI is InChI=1S/C9H11NO2/c1-7-3-2-4-8(5-7)6-10-9(11)12/h2-5,10H,6H2,1H3,(H,11,12). The van der Waals surface area contributed by atoms with Gasteiger partial charge in [-0.2, -0.15) is 0 Å². The van der Waals surface area contributed by atoms with Crippen LogP contribution in [-0.4, -0.2) is 11.2 Å². The summed E-state index contributed by atoms with van der Waals surface area (Å²) < 4.78 is 0. The number of nitrogens with one attached hydrogen (secondary N) is 1. The molecule has 0 saturated carbocycles. The summed E-state index contributed by atoms with van der Waals surface area (Å²) in [5, 5.41) is 10.6. The Kier molecular flexibility index (Phi) is 2.69. The van der Waals surface area contributed by atoms with Crippen LogP contribution >= 0.6 is 0 Å². The molecule has 0 aliphatic rings. The van der Waals surface area contributed by atoms with Crippen LogP contribution in [0.5, 0.6) is 0 Å². The molecule has 0 spiro atoms. The van der Waals surface area contributed by atoms with E-state index in [1.165, 1.54) is 0 Å². The lowest BCUT2D eigenvalue weighted by molar-refractivity contribution is 0.194. The summed E-state index contributed by atoms with van der Waals surface area (Å²) in [4.78, 5) is 10.1. The number of rotatable bonds is 2. The van der Waals surface area contributed by atoms with Gasteiger partial charge >= 0.3 is 6.09 Å². The molecule has 0 aromatic heterocycles. The third-order valence-corrected chi connectivity index (χ3v) is 1.53. The van der Waals surface area contributed by atoms with E-state index < -0.39 is 6.09 Å². The predicted octanol–water partition coefficient (Wildman–Crippen LogP) is 1.76. The monoisotopic (exact) mass is 165 g/mol. The summed E-state index contributed by atoms with van der Waals surface area (Å²) in [6.07, 6.45) is -0.989. The zero-order valence-electron chi connectivity index (χ0n) is 6.87. The first-order valence-electron chi connectivity index (χ1n) is 3.71. The highest BCUT2D eigenvalue weighted by Crippen LogP contribution is 2.02. The fourth-order valence-corrected chi connectivity index (χ4v) is 1.000. The van der Waals surface area contributed by atoms with E-state index in [9.17, 15) is 4.79 Å². The van der Waals surface area contributed by atoms with Gasteiger partial charge in [-0.15, -0.1) is 0 Å². The number of hydrogen-bond donors (Lipinski definition) is 2. The molecule has 0 saturated heterocycles. The molecule has 0 bridgehead atoms. The van der Waals surface area contributed by atoms with Gasteiger partial charge in [0.15, 0.2) is 0 Å². The van der Waals surface area contributed by atoms with Gasteiger partial charge in [-0.1, -0.05) is 29.8 Å². The third-order valence-electron chi connectivity index (χ3n) is 1.53. The maximum absolute atomic E-state index is 10.1. The molecule has 0 aliphatic carbocycles. The molecular formula is C9H11NO2. The Morgan fingerprint density at radius 1 is 1.58 bits per heavy atom. The maximum atomic E-state index is 10.1. The van der Waals surface area contributed by atoms with E-state index in [4.69, 9.17) is 5.11 Å². The molecule has 0 atom stereocenters. The molecule has 1 amide bonds. The molecule has 0 radical (unpaired) electrons. The highest BCUT2D eigenvalue weighted by Gasteiger charge is 1.95. The van der Waals surface area contributed by atoms with Crippen molar-refractivity contribution in [1.82, 2.24) is 5.32 Å². The number of hydrogen-bond acceptors (Lipinski definition) is 1. The van der Waals surface area contributed by atoms with Gasteiger partial charge < -0.3 is 10.4 Å². The van der Waals surface area contributed by atoms with Gasteiger partial charge in [-0.3, -0.25) is 0 Å². The van der Waals surface area contributed by atoms with Gasteiger partial charge in [-0.25, -0.2) is 4.79 Å². The van der Waals surface area contributed by atoms with Crippen molar-refractivity contribution < 1.29 is 9.90 Å². The van der Waals surface area contributed by atoms with E-state index in [1.54, 1.807) is 0 Å². The number of amides is 1. The quantitative estimate of drug-likeness (QED) is 0.701. The molecular weight excluding hydrogens is 154 g/mol. The van der Waals surface area contributed by atoms with Gasteiger partial charge in [0.1, 0.15) is 0 Å². The summed E-state index contributed by atoms with van der Waals surface area (Å²) in [5.41, 5.74) is 2.12. The number of carbonyl (C=O) groups is 1. The SMILES string of the molecule is Cc1cccc(CNC(=O)O)c1. The highest BCUT2D eigenvalue weighted by molar-refractivity contribution is 5.64. The summed E-state index contributed by atoms with van der Waals surface area (Å²) >= 11 is 0. The molecule has 0 unspecified atom stereocenters. The zero-order chi connectivity index (χ0) is 8.97. The van der Waals surface area contributed by atoms with Crippen molar-refractivity contribution in [2.45, 2.75) is 13.5 Å². The molecule has 12 heavy (non-hydrogen) atoms. The Labute approximate surface area is 71.0 Å². The number of carboxylic acid groups (broad SMARTS) is 1. The molecule has 0 aliphatic heterocycles. The first kappa shape index (κ1) is 8.59. The fraction of sp³-hybridized carbons (Fsp3) is 0.222. The first-order chi connectivity index (χ1) is 5.68. The van der Waals surface area contributed by atoms with Crippen LogP contribution in [0.4, 0.5) is 4.79 Å². The van der Waals surface area contributed by atoms with Crippen LogP contribution in [0.1, 0.15) is 11.1 Å². The molecule has 1 aromatic carbocycles. The summed E-state index contributed by atoms with van der Waals surface area (Å²) in [6.45, 7) is 2.35. The largest absolute Gasteiger partial charge is 0.465 e. The number of aryl methyl sites for hydroxylation is 1. The molecule has 0 fully saturated rings. The van der Waals surface area contributed by atoms with Crippen LogP contribution in [0.15, 0.2) is 24.3 Å². The van der Waals surface area contributed by atoms with Crippen molar-refractivity contribution in [3.8, 4) is 0 Å². The predicted molar refractivity (Wildman–Crippen MR) is 46.0 cm³/mol. The second-order valence-electron chi connectivity index (χ2n) is 2.65. The Hall–Kier alpha value is -1.51. The summed E-state index contributed by atoms with van der Waals surface area (Å²) in [5.74, 6) is 0. The summed E-state index contributed by atoms with van der Waals surface area (Å²) in [7, 11) is 0. The van der Waals surface area contributed by atoms with E-state index in [0.717, 1.165) is 11.1 Å². The van der Waals surface area contributed by atoms with Crippen molar-refractivity contribution in [3.05, 3.63) is 35.4 Å². The molecule has 1 aromatic rings. The minimum atomic E-state index is -0.989. The van der Waals surface area contributed by atoms with Crippen molar-refractivity contribution in [2.75, 3.05) is 0 Å². The Morgan fingerprint density at radius 3 is 2.92 bits per heavy atom.